The molecule has 3 aliphatic heterocycles. The first-order chi connectivity index (χ1) is 29.0. The van der Waals surface area contributed by atoms with E-state index in [-0.39, 0.29) is 35.1 Å². The van der Waals surface area contributed by atoms with Crippen molar-refractivity contribution in [3.05, 3.63) is 59.7 Å². The number of rotatable bonds is 10. The van der Waals surface area contributed by atoms with Crippen LogP contribution in [0.15, 0.2) is 42.5 Å². The summed E-state index contributed by atoms with van der Waals surface area (Å²) in [5.74, 6) is 3.02. The first kappa shape index (κ1) is 43.3. The van der Waals surface area contributed by atoms with E-state index in [1.807, 2.05) is 49.9 Å². The number of nitrogens with zero attached hydrogens (tertiary/aromatic N) is 5. The minimum absolute atomic E-state index is 0.0139. The van der Waals surface area contributed by atoms with E-state index in [1.165, 1.54) is 6.07 Å². The fourth-order valence-electron chi connectivity index (χ4n) is 10.6. The summed E-state index contributed by atoms with van der Waals surface area (Å²) in [5, 5.41) is 1.93. The number of carbonyl (C=O) groups excluding carboxylic acids is 1. The third-order valence-corrected chi connectivity index (χ3v) is 20.1. The van der Waals surface area contributed by atoms with Crippen molar-refractivity contribution >= 4 is 41.7 Å². The molecule has 0 N–H and O–H groups in total. The number of anilines is 1. The van der Waals surface area contributed by atoms with E-state index in [0.717, 1.165) is 63.9 Å². The Hall–Kier alpha value is -4.31. The second-order valence-electron chi connectivity index (χ2n) is 20.0. The largest absolute Gasteiger partial charge is 0.463 e. The van der Waals surface area contributed by atoms with Gasteiger partial charge in [-0.1, -0.05) is 77.8 Å². The lowest BCUT2D eigenvalue weighted by Gasteiger charge is -2.42. The van der Waals surface area contributed by atoms with Crippen molar-refractivity contribution in [2.24, 2.45) is 5.41 Å². The standard InChI is InChI=1S/C49H63F2N5O4Si/c1-31(2)61(32(3)4,33(5)6)26-19-39-41(50)18-13-34-11-10-12-37(42(34)39)38-16-17-40-44(43(38)51)52-46(59-30-49(20-21-49)29-54-22-24-58-25-23-54)53-45(40)55-27-35-14-15-36(28-55)56(35)47(57)60-48(7,8)9/h10-13,16-18,31-33,35-36H,14-15,20-25,27-30H2,1-9H3. The van der Waals surface area contributed by atoms with Crippen molar-refractivity contribution < 1.29 is 27.8 Å². The number of carbonyl (C=O) groups is 1. The van der Waals surface area contributed by atoms with Crippen molar-refractivity contribution in [2.75, 3.05) is 57.4 Å². The van der Waals surface area contributed by atoms with Gasteiger partial charge >= 0.3 is 12.1 Å². The van der Waals surface area contributed by atoms with E-state index >= 15 is 8.78 Å². The smallest absolute Gasteiger partial charge is 0.410 e. The number of ether oxygens (including phenoxy) is 3. The molecule has 2 bridgehead atoms. The molecule has 2 unspecified atom stereocenters. The summed E-state index contributed by atoms with van der Waals surface area (Å²) in [6.07, 6.45) is 3.46. The molecule has 1 saturated carbocycles. The molecule has 1 aromatic heterocycles. The second-order valence-corrected chi connectivity index (χ2v) is 25.6. The molecule has 0 spiro atoms. The monoisotopic (exact) mass is 851 g/mol. The Balaban J connectivity index is 1.22. The van der Waals surface area contributed by atoms with Crippen LogP contribution in [0.2, 0.25) is 16.6 Å². The predicted molar refractivity (Wildman–Crippen MR) is 242 cm³/mol. The number of fused-ring (bicyclic) bond motifs is 4. The highest BCUT2D eigenvalue weighted by Crippen LogP contribution is 2.47. The lowest BCUT2D eigenvalue weighted by atomic mass is 9.93. The summed E-state index contributed by atoms with van der Waals surface area (Å²) < 4.78 is 51.7. The van der Waals surface area contributed by atoms with Gasteiger partial charge < -0.3 is 19.1 Å². The first-order valence-corrected chi connectivity index (χ1v) is 24.7. The third-order valence-electron chi connectivity index (χ3n) is 13.8. The van der Waals surface area contributed by atoms with Crippen LogP contribution >= 0.6 is 0 Å². The van der Waals surface area contributed by atoms with Gasteiger partial charge in [0.25, 0.3) is 0 Å². The molecular formula is C49H63F2N5O4Si. The molecular weight excluding hydrogens is 789 g/mol. The van der Waals surface area contributed by atoms with Gasteiger partial charge in [0.05, 0.1) is 37.5 Å². The minimum Gasteiger partial charge on any atom is -0.463 e. The summed E-state index contributed by atoms with van der Waals surface area (Å²) in [4.78, 5) is 29.7. The maximum atomic E-state index is 17.6. The molecule has 4 aliphatic rings. The number of hydrogen-bond donors (Lipinski definition) is 0. The minimum atomic E-state index is -2.22. The first-order valence-electron chi connectivity index (χ1n) is 22.4. The molecule has 0 radical (unpaired) electrons. The van der Waals surface area contributed by atoms with Crippen molar-refractivity contribution in [3.8, 4) is 28.6 Å². The van der Waals surface area contributed by atoms with Crippen molar-refractivity contribution in [1.82, 2.24) is 19.8 Å². The Morgan fingerprint density at radius 2 is 1.59 bits per heavy atom. The summed E-state index contributed by atoms with van der Waals surface area (Å²) >= 11 is 0. The Labute approximate surface area is 361 Å². The highest BCUT2D eigenvalue weighted by atomic mass is 28.3. The maximum absolute atomic E-state index is 17.6. The Bertz CT molecular complexity index is 2320. The topological polar surface area (TPSA) is 80.3 Å². The predicted octanol–water partition coefficient (Wildman–Crippen LogP) is 10.4. The zero-order chi connectivity index (χ0) is 43.4. The quantitative estimate of drug-likeness (QED) is 0.115. The molecule has 326 valence electrons. The molecule has 1 aliphatic carbocycles. The van der Waals surface area contributed by atoms with Gasteiger partial charge in [0.1, 0.15) is 30.8 Å². The molecule has 3 saturated heterocycles. The lowest BCUT2D eigenvalue weighted by Crippen LogP contribution is -2.57. The molecule has 4 heterocycles. The normalized spacial score (nSPS) is 20.5. The van der Waals surface area contributed by atoms with Crippen molar-refractivity contribution in [3.63, 3.8) is 0 Å². The molecule has 12 heteroatoms. The number of morpholine rings is 1. The molecule has 2 atom stereocenters. The van der Waals surface area contributed by atoms with Crippen LogP contribution in [0.1, 0.15) is 93.6 Å². The van der Waals surface area contributed by atoms with Gasteiger partial charge in [-0.3, -0.25) is 9.80 Å². The van der Waals surface area contributed by atoms with E-state index in [1.54, 1.807) is 12.1 Å². The molecule has 9 nitrogen and oxygen atoms in total. The zero-order valence-electron chi connectivity index (χ0n) is 37.5. The molecule has 3 aromatic carbocycles. The molecule has 4 aromatic rings. The van der Waals surface area contributed by atoms with Crippen LogP contribution in [0, 0.1) is 28.5 Å². The summed E-state index contributed by atoms with van der Waals surface area (Å²) in [7, 11) is -2.22. The number of benzene rings is 3. The van der Waals surface area contributed by atoms with E-state index in [2.05, 4.69) is 62.8 Å². The number of piperazine rings is 1. The van der Waals surface area contributed by atoms with Crippen molar-refractivity contribution in [1.29, 1.82) is 0 Å². The van der Waals surface area contributed by atoms with Crippen LogP contribution < -0.4 is 9.64 Å². The Morgan fingerprint density at radius 1 is 0.918 bits per heavy atom. The van der Waals surface area contributed by atoms with Crippen LogP contribution in [-0.2, 0) is 9.47 Å². The van der Waals surface area contributed by atoms with E-state index < -0.39 is 25.3 Å². The average molecular weight is 852 g/mol. The van der Waals surface area contributed by atoms with Gasteiger partial charge in [-0.25, -0.2) is 13.6 Å². The van der Waals surface area contributed by atoms with Gasteiger partial charge in [0, 0.05) is 54.5 Å². The lowest BCUT2D eigenvalue weighted by molar-refractivity contribution is 0.0122. The molecule has 8 rings (SSSR count). The van der Waals surface area contributed by atoms with Gasteiger partial charge in [0.15, 0.2) is 5.82 Å². The highest BCUT2D eigenvalue weighted by Gasteiger charge is 2.47. The van der Waals surface area contributed by atoms with Crippen molar-refractivity contribution in [2.45, 2.75) is 122 Å². The molecule has 4 fully saturated rings. The fourth-order valence-corrected chi connectivity index (χ4v) is 15.8. The van der Waals surface area contributed by atoms with Crippen LogP contribution in [0.25, 0.3) is 32.8 Å². The van der Waals surface area contributed by atoms with Crippen LogP contribution in [0.5, 0.6) is 6.01 Å². The summed E-state index contributed by atoms with van der Waals surface area (Å²) in [6, 6.07) is 12.5. The van der Waals surface area contributed by atoms with Crippen LogP contribution in [0.3, 0.4) is 0 Å². The maximum Gasteiger partial charge on any atom is 0.410 e. The van der Waals surface area contributed by atoms with E-state index in [9.17, 15) is 4.79 Å². The van der Waals surface area contributed by atoms with Gasteiger partial charge in [0.2, 0.25) is 0 Å². The number of amides is 1. The third kappa shape index (κ3) is 8.47. The SMILES string of the molecule is CC(C)[Si](C#Cc1c(F)ccc2cccc(-c3ccc4c(N5CC6CCC(C5)N6C(=O)OC(C)(C)C)nc(OCC5(CN6CCOCC6)CC5)nc4c3F)c12)(C(C)C)C(C)C. The Morgan fingerprint density at radius 3 is 2.21 bits per heavy atom. The Kier molecular flexibility index (Phi) is 11.9. The van der Waals surface area contributed by atoms with Gasteiger partial charge in [-0.15, -0.1) is 5.54 Å². The number of aromatic nitrogens is 2. The van der Waals surface area contributed by atoms with E-state index in [0.29, 0.717) is 69.6 Å². The summed E-state index contributed by atoms with van der Waals surface area (Å²) in [6.45, 7) is 24.7. The number of halogens is 2. The fraction of sp³-hybridized carbons (Fsp3) is 0.571. The zero-order valence-corrected chi connectivity index (χ0v) is 38.5. The molecule has 1 amide bonds. The highest BCUT2D eigenvalue weighted by molar-refractivity contribution is 6.90. The van der Waals surface area contributed by atoms with Gasteiger partial charge in [-0.2, -0.15) is 9.97 Å². The van der Waals surface area contributed by atoms with E-state index in [4.69, 9.17) is 24.2 Å². The van der Waals surface area contributed by atoms with Gasteiger partial charge in [-0.05, 0) is 86.2 Å². The second kappa shape index (κ2) is 16.8. The average Bonchev–Trinajstić information content (AvgIpc) is 3.91. The summed E-state index contributed by atoms with van der Waals surface area (Å²) in [5.41, 5.74) is 5.50. The number of hydrogen-bond acceptors (Lipinski definition) is 8. The van der Waals surface area contributed by atoms with Crippen LogP contribution in [0.4, 0.5) is 19.4 Å². The molecule has 61 heavy (non-hydrogen) atoms. The van der Waals surface area contributed by atoms with Crippen LogP contribution in [-0.4, -0.2) is 104 Å².